The van der Waals surface area contributed by atoms with E-state index in [2.05, 4.69) is 13.8 Å². The molecule has 0 heterocycles. The Kier molecular flexibility index (Phi) is 2.94. The fraction of sp³-hybridized carbons (Fsp3) is 0.895. The third-order valence-corrected chi connectivity index (χ3v) is 8.10. The molecule has 0 aromatic heterocycles. The van der Waals surface area contributed by atoms with E-state index >= 15 is 0 Å². The molecular weight excluding hydrogens is 260 g/mol. The molecule has 4 rings (SSSR count). The second-order valence-corrected chi connectivity index (χ2v) is 8.78. The Morgan fingerprint density at radius 2 is 1.76 bits per heavy atom. The van der Waals surface area contributed by atoms with Crippen molar-refractivity contribution in [2.24, 2.45) is 34.5 Å². The van der Waals surface area contributed by atoms with Gasteiger partial charge in [-0.1, -0.05) is 26.7 Å². The summed E-state index contributed by atoms with van der Waals surface area (Å²) in [6.45, 7) is 4.63. The second-order valence-electron chi connectivity index (χ2n) is 8.78. The Morgan fingerprint density at radius 1 is 0.952 bits per heavy atom. The van der Waals surface area contributed by atoms with Crippen molar-refractivity contribution in [3.05, 3.63) is 0 Å². The Morgan fingerprint density at radius 3 is 2.57 bits per heavy atom. The van der Waals surface area contributed by atoms with Gasteiger partial charge in [0, 0.05) is 24.2 Å². The van der Waals surface area contributed by atoms with Crippen LogP contribution in [0.5, 0.6) is 0 Å². The monoisotopic (exact) mass is 288 g/mol. The molecular formula is C19H28O2. The van der Waals surface area contributed by atoms with Crippen LogP contribution in [0.15, 0.2) is 0 Å². The lowest BCUT2D eigenvalue weighted by Gasteiger charge is -2.58. The minimum absolute atomic E-state index is 0.172. The Hall–Kier alpha value is -0.660. The maximum Gasteiger partial charge on any atom is 0.139 e. The first-order valence-corrected chi connectivity index (χ1v) is 9.03. The van der Waals surface area contributed by atoms with Crippen molar-refractivity contribution in [3.63, 3.8) is 0 Å². The summed E-state index contributed by atoms with van der Waals surface area (Å²) in [4.78, 5) is 25.3. The second kappa shape index (κ2) is 4.43. The van der Waals surface area contributed by atoms with Crippen molar-refractivity contribution < 1.29 is 9.59 Å². The third-order valence-electron chi connectivity index (χ3n) is 8.10. The van der Waals surface area contributed by atoms with Crippen LogP contribution in [0.25, 0.3) is 0 Å². The number of rotatable bonds is 0. The van der Waals surface area contributed by atoms with Gasteiger partial charge in [0.15, 0.2) is 0 Å². The summed E-state index contributed by atoms with van der Waals surface area (Å²) in [6, 6.07) is 0. The van der Waals surface area contributed by atoms with Gasteiger partial charge in [0.25, 0.3) is 0 Å². The molecule has 0 spiro atoms. The normalized spacial score (nSPS) is 53.0. The summed E-state index contributed by atoms with van der Waals surface area (Å²) in [6.07, 6.45) is 9.86. The van der Waals surface area contributed by atoms with Gasteiger partial charge in [-0.2, -0.15) is 0 Å². The number of fused-ring (bicyclic) bond motifs is 5. The summed E-state index contributed by atoms with van der Waals surface area (Å²) in [5.74, 6) is 2.70. The van der Waals surface area contributed by atoms with Crippen molar-refractivity contribution in [2.75, 3.05) is 0 Å². The average molecular weight is 288 g/mol. The maximum atomic E-state index is 12.9. The van der Waals surface area contributed by atoms with E-state index in [9.17, 15) is 9.59 Å². The fourth-order valence-corrected chi connectivity index (χ4v) is 6.74. The number of carbonyl (C=O) groups excluding carboxylic acids is 2. The standard InChI is InChI=1S/C19H28O2/c1-18-9-4-3-5-12(18)11-15(20)17-13-6-7-16(21)19(13,2)10-8-14(17)18/h12-14,17H,3-11H2,1-2H3/t12-,13+,14+,17+,18-,19+/m0/s1. The van der Waals surface area contributed by atoms with Crippen LogP contribution in [-0.2, 0) is 9.59 Å². The molecule has 0 unspecified atom stereocenters. The Balaban J connectivity index is 1.72. The average Bonchev–Trinajstić information content (AvgIpc) is 2.76. The van der Waals surface area contributed by atoms with Gasteiger partial charge < -0.3 is 0 Å². The van der Waals surface area contributed by atoms with Gasteiger partial charge in [-0.05, 0) is 55.3 Å². The van der Waals surface area contributed by atoms with Gasteiger partial charge in [-0.25, -0.2) is 0 Å². The molecule has 4 aliphatic carbocycles. The molecule has 2 nitrogen and oxygen atoms in total. The van der Waals surface area contributed by atoms with Gasteiger partial charge in [-0.15, -0.1) is 0 Å². The van der Waals surface area contributed by atoms with Crippen LogP contribution in [0.1, 0.15) is 71.6 Å². The number of hydrogen-bond acceptors (Lipinski definition) is 2. The topological polar surface area (TPSA) is 34.1 Å². The molecule has 0 saturated heterocycles. The van der Waals surface area contributed by atoms with Crippen LogP contribution in [-0.4, -0.2) is 11.6 Å². The molecule has 0 aromatic carbocycles. The van der Waals surface area contributed by atoms with E-state index in [1.807, 2.05) is 0 Å². The zero-order chi connectivity index (χ0) is 14.8. The molecule has 0 amide bonds. The minimum Gasteiger partial charge on any atom is -0.299 e. The molecule has 21 heavy (non-hydrogen) atoms. The maximum absolute atomic E-state index is 12.9. The van der Waals surface area contributed by atoms with Crippen LogP contribution in [0.2, 0.25) is 0 Å². The van der Waals surface area contributed by atoms with Crippen LogP contribution < -0.4 is 0 Å². The number of carbonyl (C=O) groups is 2. The van der Waals surface area contributed by atoms with Crippen molar-refractivity contribution in [1.29, 1.82) is 0 Å². The molecule has 116 valence electrons. The predicted molar refractivity (Wildman–Crippen MR) is 81.7 cm³/mol. The van der Waals surface area contributed by atoms with Crippen LogP contribution in [0, 0.1) is 34.5 Å². The molecule has 4 fully saturated rings. The zero-order valence-electron chi connectivity index (χ0n) is 13.5. The minimum atomic E-state index is -0.172. The lowest BCUT2D eigenvalue weighted by atomic mass is 9.45. The molecule has 6 atom stereocenters. The molecule has 4 aliphatic rings. The number of hydrogen-bond donors (Lipinski definition) is 0. The first kappa shape index (κ1) is 14.0. The van der Waals surface area contributed by atoms with Gasteiger partial charge in [0.05, 0.1) is 0 Å². The Labute approximate surface area is 128 Å². The van der Waals surface area contributed by atoms with Crippen molar-refractivity contribution in [1.82, 2.24) is 0 Å². The predicted octanol–water partition coefficient (Wildman–Crippen LogP) is 4.17. The van der Waals surface area contributed by atoms with Gasteiger partial charge in [0.2, 0.25) is 0 Å². The van der Waals surface area contributed by atoms with Crippen molar-refractivity contribution in [2.45, 2.75) is 71.6 Å². The first-order chi connectivity index (χ1) is 9.97. The van der Waals surface area contributed by atoms with Crippen LogP contribution >= 0.6 is 0 Å². The highest BCUT2D eigenvalue weighted by atomic mass is 16.1. The van der Waals surface area contributed by atoms with E-state index in [1.165, 1.54) is 25.7 Å². The summed E-state index contributed by atoms with van der Waals surface area (Å²) < 4.78 is 0. The summed E-state index contributed by atoms with van der Waals surface area (Å²) in [5.41, 5.74) is 0.207. The fourth-order valence-electron chi connectivity index (χ4n) is 6.74. The van der Waals surface area contributed by atoms with Gasteiger partial charge >= 0.3 is 0 Å². The van der Waals surface area contributed by atoms with E-state index in [0.29, 0.717) is 34.7 Å². The number of ketones is 2. The van der Waals surface area contributed by atoms with E-state index in [4.69, 9.17) is 0 Å². The number of Topliss-reactive ketones (excluding diaryl/α,β-unsaturated/α-hetero) is 2. The van der Waals surface area contributed by atoms with Crippen molar-refractivity contribution >= 4 is 11.6 Å². The lowest BCUT2D eigenvalue weighted by Crippen LogP contribution is -2.56. The molecule has 0 aliphatic heterocycles. The van der Waals surface area contributed by atoms with E-state index < -0.39 is 0 Å². The zero-order valence-corrected chi connectivity index (χ0v) is 13.5. The highest BCUT2D eigenvalue weighted by Gasteiger charge is 2.62. The van der Waals surface area contributed by atoms with Crippen LogP contribution in [0.4, 0.5) is 0 Å². The third kappa shape index (κ3) is 1.71. The molecule has 4 saturated carbocycles. The Bertz CT molecular complexity index is 496. The largest absolute Gasteiger partial charge is 0.299 e. The highest BCUT2D eigenvalue weighted by molar-refractivity contribution is 5.90. The van der Waals surface area contributed by atoms with Crippen molar-refractivity contribution in [3.8, 4) is 0 Å². The molecule has 0 N–H and O–H groups in total. The SMILES string of the molecule is C[C@]12CCCC[C@H]1CC(=O)[C@H]1[C@H]2CC[C@@]2(C)C(=O)CC[C@H]12. The van der Waals surface area contributed by atoms with Crippen LogP contribution in [0.3, 0.4) is 0 Å². The first-order valence-electron chi connectivity index (χ1n) is 9.03. The smallest absolute Gasteiger partial charge is 0.139 e. The van der Waals surface area contributed by atoms with E-state index in [-0.39, 0.29) is 11.3 Å². The molecule has 0 bridgehead atoms. The molecule has 2 heteroatoms. The quantitative estimate of drug-likeness (QED) is 0.670. The van der Waals surface area contributed by atoms with Gasteiger partial charge in [0.1, 0.15) is 11.6 Å². The summed E-state index contributed by atoms with van der Waals surface area (Å²) >= 11 is 0. The summed E-state index contributed by atoms with van der Waals surface area (Å²) in [5, 5.41) is 0. The lowest BCUT2D eigenvalue weighted by molar-refractivity contribution is -0.156. The van der Waals surface area contributed by atoms with E-state index in [1.54, 1.807) is 0 Å². The summed E-state index contributed by atoms with van der Waals surface area (Å²) in [7, 11) is 0. The molecule has 0 aromatic rings. The molecule has 0 radical (unpaired) electrons. The van der Waals surface area contributed by atoms with E-state index in [0.717, 1.165) is 32.1 Å². The highest BCUT2D eigenvalue weighted by Crippen LogP contribution is 2.64. The van der Waals surface area contributed by atoms with Gasteiger partial charge in [-0.3, -0.25) is 9.59 Å².